The van der Waals surface area contributed by atoms with Gasteiger partial charge in [-0.05, 0) is 37.3 Å². The molecule has 0 aromatic heterocycles. The topological polar surface area (TPSA) is 98.5 Å². The zero-order valence-corrected chi connectivity index (χ0v) is 15.2. The molecule has 0 bridgehead atoms. The number of nitrogens with one attached hydrogen (secondary N) is 1. The lowest BCUT2D eigenvalue weighted by atomic mass is 10.2. The summed E-state index contributed by atoms with van der Waals surface area (Å²) < 4.78 is 17.9. The maximum absolute atomic E-state index is 12.8. The predicted molar refractivity (Wildman–Crippen MR) is 99.8 cm³/mol. The van der Waals surface area contributed by atoms with Crippen molar-refractivity contribution in [1.82, 2.24) is 0 Å². The number of nitro benzene ring substituents is 1. The minimum absolute atomic E-state index is 0.000865. The number of esters is 1. The monoisotopic (exact) mass is 392 g/mol. The number of rotatable bonds is 8. The third kappa shape index (κ3) is 6.37. The van der Waals surface area contributed by atoms with Gasteiger partial charge < -0.3 is 10.1 Å². The molecule has 9 heteroatoms. The van der Waals surface area contributed by atoms with Gasteiger partial charge in [-0.3, -0.25) is 19.7 Å². The van der Waals surface area contributed by atoms with Gasteiger partial charge >= 0.3 is 5.97 Å². The Bertz CT molecular complexity index is 829. The maximum atomic E-state index is 12.8. The second kappa shape index (κ2) is 9.67. The van der Waals surface area contributed by atoms with Crippen LogP contribution in [-0.4, -0.2) is 27.8 Å². The molecular weight excluding hydrogens is 375 g/mol. The Hall–Kier alpha value is -2.94. The van der Waals surface area contributed by atoms with Crippen LogP contribution in [-0.2, 0) is 20.9 Å². The number of nitrogens with zero attached hydrogens (tertiary/aromatic N) is 1. The molecule has 142 valence electrons. The minimum atomic E-state index is -0.633. The highest BCUT2D eigenvalue weighted by Crippen LogP contribution is 2.20. The fourth-order valence-corrected chi connectivity index (χ4v) is 2.75. The third-order valence-electron chi connectivity index (χ3n) is 3.48. The van der Waals surface area contributed by atoms with Crippen molar-refractivity contribution in [1.29, 1.82) is 0 Å². The summed E-state index contributed by atoms with van der Waals surface area (Å²) >= 11 is 1.07. The van der Waals surface area contributed by atoms with Gasteiger partial charge in [0.25, 0.3) is 5.69 Å². The number of halogens is 1. The van der Waals surface area contributed by atoms with Gasteiger partial charge in [0.05, 0.1) is 16.2 Å². The van der Waals surface area contributed by atoms with Gasteiger partial charge in [0.15, 0.2) is 0 Å². The van der Waals surface area contributed by atoms with Crippen molar-refractivity contribution in [3.63, 3.8) is 0 Å². The molecule has 2 aromatic rings. The van der Waals surface area contributed by atoms with E-state index in [9.17, 15) is 24.1 Å². The Labute approximate surface area is 159 Å². The first kappa shape index (κ1) is 20.4. The van der Waals surface area contributed by atoms with Crippen LogP contribution in [0.1, 0.15) is 12.5 Å². The molecule has 0 saturated heterocycles. The summed E-state index contributed by atoms with van der Waals surface area (Å²) in [6.07, 6.45) is 0. The van der Waals surface area contributed by atoms with Crippen LogP contribution in [0, 0.1) is 15.9 Å². The third-order valence-corrected chi connectivity index (χ3v) is 4.60. The smallest absolute Gasteiger partial charge is 0.319 e. The van der Waals surface area contributed by atoms with Gasteiger partial charge in [-0.2, -0.15) is 0 Å². The van der Waals surface area contributed by atoms with Crippen molar-refractivity contribution in [2.75, 3.05) is 11.1 Å². The van der Waals surface area contributed by atoms with Crippen LogP contribution in [0.4, 0.5) is 15.8 Å². The maximum Gasteiger partial charge on any atom is 0.319 e. The highest BCUT2D eigenvalue weighted by Gasteiger charge is 2.19. The fourth-order valence-electron chi connectivity index (χ4n) is 2.08. The zero-order valence-electron chi connectivity index (χ0n) is 14.4. The van der Waals surface area contributed by atoms with E-state index in [1.54, 1.807) is 13.0 Å². The highest BCUT2D eigenvalue weighted by molar-refractivity contribution is 8.01. The first-order valence-corrected chi connectivity index (χ1v) is 8.97. The summed E-state index contributed by atoms with van der Waals surface area (Å²) in [7, 11) is 0. The Morgan fingerprint density at radius 3 is 2.56 bits per heavy atom. The molecule has 0 aliphatic carbocycles. The van der Waals surface area contributed by atoms with Crippen LogP contribution in [0.3, 0.4) is 0 Å². The van der Waals surface area contributed by atoms with E-state index in [0.29, 0.717) is 11.3 Å². The second-order valence-electron chi connectivity index (χ2n) is 5.50. The molecule has 27 heavy (non-hydrogen) atoms. The van der Waals surface area contributed by atoms with Gasteiger partial charge in [0.1, 0.15) is 17.7 Å². The van der Waals surface area contributed by atoms with Crippen LogP contribution in [0.25, 0.3) is 0 Å². The van der Waals surface area contributed by atoms with Crippen LogP contribution in [0.5, 0.6) is 0 Å². The molecule has 2 aromatic carbocycles. The number of ether oxygens (including phenoxy) is 1. The number of nitro groups is 1. The fraction of sp³-hybridized carbons (Fsp3) is 0.222. The molecular formula is C18H17FN2O5S. The summed E-state index contributed by atoms with van der Waals surface area (Å²) in [5, 5.41) is 12.9. The van der Waals surface area contributed by atoms with Crippen molar-refractivity contribution < 1.29 is 23.6 Å². The van der Waals surface area contributed by atoms with E-state index in [4.69, 9.17) is 4.74 Å². The van der Waals surface area contributed by atoms with Crippen molar-refractivity contribution >= 4 is 35.0 Å². The lowest BCUT2D eigenvalue weighted by Gasteiger charge is -2.11. The molecule has 1 amide bonds. The Balaban J connectivity index is 1.79. The number of hydrogen-bond acceptors (Lipinski definition) is 6. The zero-order chi connectivity index (χ0) is 19.8. The average molecular weight is 392 g/mol. The Morgan fingerprint density at radius 1 is 1.22 bits per heavy atom. The lowest BCUT2D eigenvalue weighted by Crippen LogP contribution is -2.21. The number of thioether (sulfide) groups is 1. The molecule has 0 aliphatic heterocycles. The SMILES string of the molecule is C[C@H](SCC(=O)Nc1ccc(F)cc1)C(=O)OCc1ccccc1[N+](=O)[O-]. The second-order valence-corrected chi connectivity index (χ2v) is 6.83. The van der Waals surface area contributed by atoms with Crippen molar-refractivity contribution in [3.05, 3.63) is 70.0 Å². The number of carbonyl (C=O) groups excluding carboxylic acids is 2. The van der Waals surface area contributed by atoms with Gasteiger partial charge in [-0.25, -0.2) is 4.39 Å². The highest BCUT2D eigenvalue weighted by atomic mass is 32.2. The van der Waals surface area contributed by atoms with Gasteiger partial charge in [0, 0.05) is 11.8 Å². The van der Waals surface area contributed by atoms with E-state index in [2.05, 4.69) is 5.32 Å². The number of hydrogen-bond donors (Lipinski definition) is 1. The van der Waals surface area contributed by atoms with Gasteiger partial charge in [0.2, 0.25) is 5.91 Å². The Kier molecular flexibility index (Phi) is 7.30. The molecule has 7 nitrogen and oxygen atoms in total. The van der Waals surface area contributed by atoms with Crippen LogP contribution in [0.15, 0.2) is 48.5 Å². The van der Waals surface area contributed by atoms with Crippen LogP contribution in [0.2, 0.25) is 0 Å². The predicted octanol–water partition coefficient (Wildman–Crippen LogP) is 3.54. The van der Waals surface area contributed by atoms with Gasteiger partial charge in [-0.15, -0.1) is 11.8 Å². The summed E-state index contributed by atoms with van der Waals surface area (Å²) in [4.78, 5) is 34.3. The molecule has 1 atom stereocenters. The molecule has 0 fully saturated rings. The molecule has 0 heterocycles. The van der Waals surface area contributed by atoms with E-state index in [1.807, 2.05) is 0 Å². The number of carbonyl (C=O) groups is 2. The molecule has 0 aliphatic rings. The number of amides is 1. The Morgan fingerprint density at radius 2 is 1.89 bits per heavy atom. The summed E-state index contributed by atoms with van der Waals surface area (Å²) in [6.45, 7) is 1.36. The first-order valence-electron chi connectivity index (χ1n) is 7.93. The summed E-state index contributed by atoms with van der Waals surface area (Å²) in [5.41, 5.74) is 0.625. The standard InChI is InChI=1S/C18H17FN2O5S/c1-12(27-11-17(22)20-15-8-6-14(19)7-9-15)18(23)26-10-13-4-2-3-5-16(13)21(24)25/h2-9,12H,10-11H2,1H3,(H,20,22)/t12-/m0/s1. The van der Waals surface area contributed by atoms with E-state index in [1.165, 1.54) is 42.5 Å². The van der Waals surface area contributed by atoms with Crippen molar-refractivity contribution in [3.8, 4) is 0 Å². The van der Waals surface area contributed by atoms with Gasteiger partial charge in [-0.1, -0.05) is 12.1 Å². The van der Waals surface area contributed by atoms with E-state index >= 15 is 0 Å². The van der Waals surface area contributed by atoms with Crippen LogP contribution >= 0.6 is 11.8 Å². The van der Waals surface area contributed by atoms with E-state index in [0.717, 1.165) is 11.8 Å². The molecule has 0 unspecified atom stereocenters. The summed E-state index contributed by atoms with van der Waals surface area (Å²) in [5.74, 6) is -1.32. The lowest BCUT2D eigenvalue weighted by molar-refractivity contribution is -0.385. The van der Waals surface area contributed by atoms with Crippen molar-refractivity contribution in [2.45, 2.75) is 18.8 Å². The molecule has 0 saturated carbocycles. The number of anilines is 1. The largest absolute Gasteiger partial charge is 0.460 e. The molecule has 1 N–H and O–H groups in total. The average Bonchev–Trinajstić information content (AvgIpc) is 2.66. The summed E-state index contributed by atoms with van der Waals surface area (Å²) in [6, 6.07) is 11.3. The van der Waals surface area contributed by atoms with E-state index < -0.39 is 22.0 Å². The quantitative estimate of drug-likeness (QED) is 0.419. The normalized spacial score (nSPS) is 11.5. The van der Waals surface area contributed by atoms with Crippen LogP contribution < -0.4 is 5.32 Å². The first-order chi connectivity index (χ1) is 12.9. The molecule has 2 rings (SSSR count). The molecule has 0 radical (unpaired) electrons. The number of benzene rings is 2. The molecule has 0 spiro atoms. The van der Waals surface area contributed by atoms with Crippen molar-refractivity contribution in [2.24, 2.45) is 0 Å². The minimum Gasteiger partial charge on any atom is -0.460 e. The van der Waals surface area contributed by atoms with E-state index in [-0.39, 0.29) is 24.0 Å². The number of para-hydroxylation sites is 1.